The third-order valence-corrected chi connectivity index (χ3v) is 1.52. The molecule has 0 heterocycles. The van der Waals surface area contributed by atoms with E-state index in [0.29, 0.717) is 0 Å². The van der Waals surface area contributed by atoms with E-state index in [1.54, 1.807) is 0 Å². The fourth-order valence-corrected chi connectivity index (χ4v) is 0.749. The average Bonchev–Trinajstić information content (AvgIpc) is 1.60. The van der Waals surface area contributed by atoms with E-state index in [0.717, 1.165) is 19.3 Å². The first-order valence-electron chi connectivity index (χ1n) is 3.20. The summed E-state index contributed by atoms with van der Waals surface area (Å²) in [5, 5.41) is 9.78. The molecule has 0 aliphatic heterocycles. The van der Waals surface area contributed by atoms with E-state index in [9.17, 15) is 9.50 Å². The van der Waals surface area contributed by atoms with Gasteiger partial charge in [0, 0.05) is 0 Å². The summed E-state index contributed by atoms with van der Waals surface area (Å²) in [7, 11) is 0. The maximum atomic E-state index is 11.5. The summed E-state index contributed by atoms with van der Waals surface area (Å²) in [4.78, 5) is 0. The maximum absolute atomic E-state index is 11.5. The van der Waals surface area contributed by atoms with E-state index in [-0.39, 0.29) is 12.7 Å². The van der Waals surface area contributed by atoms with E-state index in [1.807, 2.05) is 0 Å². The number of ether oxygens (including phenoxy) is 1. The first kappa shape index (κ1) is 6.96. The monoisotopic (exact) mass is 133 g/mol. The molecule has 2 nitrogen and oxygen atoms in total. The van der Waals surface area contributed by atoms with Crippen LogP contribution in [0.3, 0.4) is 0 Å². The molecule has 53 valence electrons. The summed E-state index contributed by atoms with van der Waals surface area (Å²) in [6.07, 6.45) is 1.27. The summed E-state index contributed by atoms with van der Waals surface area (Å²) < 4.78 is 16.4. The van der Waals surface area contributed by atoms with Crippen LogP contribution < -0.4 is 0 Å². The zero-order chi connectivity index (χ0) is 6.69. The highest BCUT2D eigenvalue weighted by Gasteiger charge is 2.18. The third kappa shape index (κ3) is 2.28. The van der Waals surface area contributed by atoms with Crippen LogP contribution in [0.15, 0.2) is 0 Å². The Bertz CT molecular complexity index is 81.1. The Labute approximate surface area is 53.6 Å². The van der Waals surface area contributed by atoms with Gasteiger partial charge in [0.05, 0.1) is 6.10 Å². The predicted molar refractivity (Wildman–Crippen MR) is 29.2 cm³/mol. The fraction of sp³-hybridized carbons (Fsp3) is 1.00. The highest BCUT2D eigenvalue weighted by molar-refractivity contribution is 4.68. The molecule has 3 heteroatoms. The molecule has 0 aromatic carbocycles. The van der Waals surface area contributed by atoms with Crippen molar-refractivity contribution in [3.63, 3.8) is 0 Å². The third-order valence-electron chi connectivity index (χ3n) is 1.52. The molecule has 1 aliphatic carbocycles. The van der Waals surface area contributed by atoms with Gasteiger partial charge in [-0.05, 0) is 19.3 Å². The Morgan fingerprint density at radius 3 is 2.67 bits per heavy atom. The summed E-state index contributed by atoms with van der Waals surface area (Å²) >= 11 is 0. The van der Waals surface area contributed by atoms with Gasteiger partial charge in [-0.25, -0.2) is 4.39 Å². The number of hydrogen-bond donors (Lipinski definition) is 0. The van der Waals surface area contributed by atoms with E-state index in [1.165, 1.54) is 0 Å². The quantitative estimate of drug-likeness (QED) is 0.570. The highest BCUT2D eigenvalue weighted by atomic mass is 19.1. The molecule has 1 rings (SSSR count). The molecule has 0 spiro atoms. The highest BCUT2D eigenvalue weighted by Crippen LogP contribution is 2.21. The van der Waals surface area contributed by atoms with Crippen LogP contribution in [0.5, 0.6) is 0 Å². The topological polar surface area (TPSA) is 29.1 Å². The fourth-order valence-electron chi connectivity index (χ4n) is 0.749. The van der Waals surface area contributed by atoms with Gasteiger partial charge in [0.15, 0.2) is 0 Å². The van der Waals surface area contributed by atoms with Crippen molar-refractivity contribution in [1.82, 2.24) is 0 Å². The van der Waals surface area contributed by atoms with Crippen molar-refractivity contribution in [1.29, 1.82) is 0 Å². The Balaban J connectivity index is 1.91. The smallest absolute Gasteiger partial charge is 0.254 e. The Kier molecular flexibility index (Phi) is 2.42. The molecule has 1 saturated carbocycles. The Morgan fingerprint density at radius 1 is 1.67 bits per heavy atom. The minimum Gasteiger partial charge on any atom is -0.373 e. The van der Waals surface area contributed by atoms with Crippen molar-refractivity contribution in [3.05, 3.63) is 0 Å². The van der Waals surface area contributed by atoms with Crippen LogP contribution in [0.4, 0.5) is 4.39 Å². The Hall–Kier alpha value is -0.150. The lowest BCUT2D eigenvalue weighted by Crippen LogP contribution is -2.24. The van der Waals surface area contributed by atoms with Crippen LogP contribution in [0.2, 0.25) is 0 Å². The molecule has 1 aliphatic rings. The molecule has 0 N–H and O–H groups in total. The minimum atomic E-state index is -2.05. The van der Waals surface area contributed by atoms with Crippen LogP contribution in [-0.4, -0.2) is 19.1 Å². The molecular weight excluding hydrogens is 123 g/mol. The molecule has 0 amide bonds. The summed E-state index contributed by atoms with van der Waals surface area (Å²) in [5.74, 6) is 0. The zero-order valence-corrected chi connectivity index (χ0v) is 5.18. The lowest BCUT2D eigenvalue weighted by molar-refractivity contribution is -0.113. The maximum Gasteiger partial charge on any atom is 0.254 e. The van der Waals surface area contributed by atoms with Crippen molar-refractivity contribution >= 4 is 0 Å². The second-order valence-corrected chi connectivity index (χ2v) is 2.30. The molecule has 1 radical (unpaired) electrons. The normalized spacial score (nSPS) is 23.3. The van der Waals surface area contributed by atoms with Gasteiger partial charge in [-0.15, -0.1) is 0 Å². The number of hydrogen-bond acceptors (Lipinski definition) is 1. The first-order chi connectivity index (χ1) is 4.29. The van der Waals surface area contributed by atoms with Gasteiger partial charge in [-0.3, -0.25) is 0 Å². The van der Waals surface area contributed by atoms with Gasteiger partial charge in [0.1, 0.15) is 6.61 Å². The van der Waals surface area contributed by atoms with Crippen LogP contribution in [0.1, 0.15) is 19.3 Å². The standard InChI is InChI=1S/C6H10FO2/c7-6(8)4-9-5-2-1-3-5/h5-6H,1-4H2. The largest absolute Gasteiger partial charge is 0.373 e. The summed E-state index contributed by atoms with van der Waals surface area (Å²) in [6.45, 7) is -0.273. The van der Waals surface area contributed by atoms with Crippen LogP contribution in [-0.2, 0) is 9.84 Å². The second-order valence-electron chi connectivity index (χ2n) is 2.30. The summed E-state index contributed by atoms with van der Waals surface area (Å²) in [5.41, 5.74) is 0. The van der Waals surface area contributed by atoms with Crippen molar-refractivity contribution in [2.45, 2.75) is 31.7 Å². The molecule has 0 bridgehead atoms. The van der Waals surface area contributed by atoms with Crippen molar-refractivity contribution in [2.75, 3.05) is 6.61 Å². The lowest BCUT2D eigenvalue weighted by atomic mass is 9.96. The van der Waals surface area contributed by atoms with Crippen LogP contribution >= 0.6 is 0 Å². The molecule has 1 fully saturated rings. The van der Waals surface area contributed by atoms with E-state index < -0.39 is 6.36 Å². The minimum absolute atomic E-state index is 0.178. The van der Waals surface area contributed by atoms with Gasteiger partial charge in [0.2, 0.25) is 0 Å². The zero-order valence-electron chi connectivity index (χ0n) is 5.18. The second kappa shape index (κ2) is 3.13. The summed E-state index contributed by atoms with van der Waals surface area (Å²) in [6, 6.07) is 0. The van der Waals surface area contributed by atoms with Crippen LogP contribution in [0.25, 0.3) is 0 Å². The van der Waals surface area contributed by atoms with Crippen molar-refractivity contribution in [3.8, 4) is 0 Å². The van der Waals surface area contributed by atoms with Crippen LogP contribution in [0, 0.1) is 0 Å². The molecule has 1 atom stereocenters. The number of halogens is 1. The van der Waals surface area contributed by atoms with Gasteiger partial charge in [0.25, 0.3) is 6.36 Å². The van der Waals surface area contributed by atoms with Gasteiger partial charge in [-0.1, -0.05) is 0 Å². The van der Waals surface area contributed by atoms with E-state index >= 15 is 0 Å². The predicted octanol–water partition coefficient (Wildman–Crippen LogP) is 1.28. The molecule has 9 heavy (non-hydrogen) atoms. The van der Waals surface area contributed by atoms with Gasteiger partial charge < -0.3 is 4.74 Å². The van der Waals surface area contributed by atoms with Crippen molar-refractivity contribution < 1.29 is 14.2 Å². The van der Waals surface area contributed by atoms with E-state index in [4.69, 9.17) is 4.74 Å². The molecule has 0 saturated heterocycles. The molecular formula is C6H10FO2. The molecule has 1 unspecified atom stereocenters. The van der Waals surface area contributed by atoms with Gasteiger partial charge in [-0.2, -0.15) is 5.11 Å². The Morgan fingerprint density at radius 2 is 2.33 bits per heavy atom. The number of rotatable bonds is 3. The molecule has 0 aromatic rings. The average molecular weight is 133 g/mol. The van der Waals surface area contributed by atoms with Gasteiger partial charge >= 0.3 is 0 Å². The first-order valence-corrected chi connectivity index (χ1v) is 3.20. The number of alkyl halides is 1. The SMILES string of the molecule is [O]C(F)COC1CCC1. The van der Waals surface area contributed by atoms with E-state index in [2.05, 4.69) is 0 Å². The van der Waals surface area contributed by atoms with Crippen molar-refractivity contribution in [2.24, 2.45) is 0 Å². The molecule has 0 aromatic heterocycles. The lowest BCUT2D eigenvalue weighted by Gasteiger charge is -2.25.